The van der Waals surface area contributed by atoms with E-state index in [9.17, 15) is 35.7 Å². The van der Waals surface area contributed by atoms with Crippen molar-refractivity contribution in [2.75, 3.05) is 0 Å². The molecule has 60 heavy (non-hydrogen) atoms. The highest BCUT2D eigenvalue weighted by atomic mass is 16.3. The summed E-state index contributed by atoms with van der Waals surface area (Å²) in [6, 6.07) is 29.4. The van der Waals surface area contributed by atoms with E-state index in [1.807, 2.05) is 121 Å². The van der Waals surface area contributed by atoms with Gasteiger partial charge in [-0.05, 0) is 146 Å². The van der Waals surface area contributed by atoms with Gasteiger partial charge < -0.3 is 35.7 Å². The molecular weight excluding hydrogens is 749 g/mol. The molecule has 0 aliphatic heterocycles. The Morgan fingerprint density at radius 1 is 0.250 bits per heavy atom. The first kappa shape index (κ1) is 41.3. The zero-order valence-electron chi connectivity index (χ0n) is 35.2. The van der Waals surface area contributed by atoms with Crippen LogP contribution in [0.2, 0.25) is 0 Å². The van der Waals surface area contributed by atoms with E-state index in [2.05, 4.69) is 0 Å². The average molecular weight is 801 g/mol. The van der Waals surface area contributed by atoms with E-state index in [4.69, 9.17) is 0 Å². The summed E-state index contributed by atoms with van der Waals surface area (Å²) in [5.74, 6) is 0.319. The number of rotatable bonds is 10. The van der Waals surface area contributed by atoms with E-state index in [-0.39, 0.29) is 53.1 Å². The molecule has 7 heteroatoms. The van der Waals surface area contributed by atoms with Gasteiger partial charge in [-0.3, -0.25) is 0 Å². The number of benzene rings is 7. The van der Waals surface area contributed by atoms with Crippen LogP contribution >= 0.6 is 0 Å². The van der Waals surface area contributed by atoms with Gasteiger partial charge in [0.2, 0.25) is 0 Å². The molecule has 0 heterocycles. The fourth-order valence-electron chi connectivity index (χ4n) is 8.52. The Balaban J connectivity index is 1.25. The summed E-state index contributed by atoms with van der Waals surface area (Å²) in [4.78, 5) is 0. The topological polar surface area (TPSA) is 142 Å². The van der Waals surface area contributed by atoms with Gasteiger partial charge in [0.1, 0.15) is 40.2 Å². The molecule has 0 aromatic heterocycles. The summed E-state index contributed by atoms with van der Waals surface area (Å²) >= 11 is 0. The summed E-state index contributed by atoms with van der Waals surface area (Å²) in [6.07, 6.45) is 1.09. The molecule has 0 fully saturated rings. The minimum absolute atomic E-state index is 0.0369. The second-order valence-corrected chi connectivity index (χ2v) is 16.7. The normalized spacial score (nSPS) is 11.3. The molecule has 7 aromatic carbocycles. The van der Waals surface area contributed by atoms with Crippen molar-refractivity contribution in [2.24, 2.45) is 0 Å². The second kappa shape index (κ2) is 16.4. The summed E-state index contributed by atoms with van der Waals surface area (Å²) in [5, 5.41) is 80.0. The van der Waals surface area contributed by atoms with E-state index < -0.39 is 0 Å². The summed E-state index contributed by atoms with van der Waals surface area (Å²) < 4.78 is 0. The summed E-state index contributed by atoms with van der Waals surface area (Å²) in [7, 11) is 0. The van der Waals surface area contributed by atoms with Gasteiger partial charge in [-0.15, -0.1) is 0 Å². The first-order valence-corrected chi connectivity index (χ1v) is 20.1. The highest BCUT2D eigenvalue weighted by Crippen LogP contribution is 2.47. The van der Waals surface area contributed by atoms with Crippen molar-refractivity contribution < 1.29 is 35.7 Å². The maximum Gasteiger partial charge on any atom is 0.131 e. The van der Waals surface area contributed by atoms with Crippen molar-refractivity contribution in [2.45, 2.75) is 74.1 Å². The molecule has 0 aliphatic rings. The van der Waals surface area contributed by atoms with Crippen LogP contribution in [0, 0.1) is 48.5 Å². The molecule has 0 amide bonds. The predicted octanol–water partition coefficient (Wildman–Crippen LogP) is 11.5. The monoisotopic (exact) mass is 800 g/mol. The zero-order valence-corrected chi connectivity index (χ0v) is 35.2. The number of hydrogen-bond donors (Lipinski definition) is 7. The van der Waals surface area contributed by atoms with Crippen LogP contribution in [0.4, 0.5) is 0 Å². The van der Waals surface area contributed by atoms with E-state index in [0.717, 1.165) is 38.9 Å². The Labute approximate surface area is 351 Å². The smallest absolute Gasteiger partial charge is 0.131 e. The van der Waals surface area contributed by atoms with Crippen molar-refractivity contribution in [1.82, 2.24) is 0 Å². The van der Waals surface area contributed by atoms with Gasteiger partial charge in [-0.1, -0.05) is 82.9 Å². The molecule has 0 unspecified atom stereocenters. The van der Waals surface area contributed by atoms with E-state index in [1.165, 1.54) is 0 Å². The van der Waals surface area contributed by atoms with Crippen LogP contribution in [0.3, 0.4) is 0 Å². The van der Waals surface area contributed by atoms with E-state index >= 15 is 0 Å². The number of phenols is 7. The van der Waals surface area contributed by atoms with Gasteiger partial charge in [0.25, 0.3) is 0 Å². The maximum atomic E-state index is 12.1. The minimum atomic E-state index is -0.114. The average Bonchev–Trinajstić information content (AvgIpc) is 3.18. The summed E-state index contributed by atoms with van der Waals surface area (Å²) in [6.45, 7) is 13.5. The molecule has 0 aliphatic carbocycles. The van der Waals surface area contributed by atoms with Crippen LogP contribution in [0.5, 0.6) is 40.2 Å². The Morgan fingerprint density at radius 3 is 0.817 bits per heavy atom. The Bertz CT molecular complexity index is 2630. The fourth-order valence-corrected chi connectivity index (χ4v) is 8.52. The Hall–Kier alpha value is -6.86. The molecule has 306 valence electrons. The van der Waals surface area contributed by atoms with Gasteiger partial charge in [0.15, 0.2) is 0 Å². The molecule has 0 saturated carbocycles. The van der Waals surface area contributed by atoms with Gasteiger partial charge in [-0.2, -0.15) is 0 Å². The first-order valence-electron chi connectivity index (χ1n) is 20.1. The van der Waals surface area contributed by atoms with Crippen molar-refractivity contribution in [3.8, 4) is 62.5 Å². The lowest BCUT2D eigenvalue weighted by atomic mass is 9.88. The molecule has 7 nitrogen and oxygen atoms in total. The van der Waals surface area contributed by atoms with Gasteiger partial charge in [0, 0.05) is 47.9 Å². The maximum absolute atomic E-state index is 12.1. The second-order valence-electron chi connectivity index (χ2n) is 16.7. The number of hydrogen-bond acceptors (Lipinski definition) is 7. The molecule has 0 spiro atoms. The zero-order chi connectivity index (χ0) is 43.2. The highest BCUT2D eigenvalue weighted by molar-refractivity contribution is 5.88. The summed E-state index contributed by atoms with van der Waals surface area (Å²) in [5.41, 5.74) is 13.0. The quantitative estimate of drug-likeness (QED) is 0.0730. The van der Waals surface area contributed by atoms with Crippen LogP contribution in [0.1, 0.15) is 83.5 Å². The molecule has 7 N–H and O–H groups in total. The molecule has 0 atom stereocenters. The molecule has 0 bridgehead atoms. The van der Waals surface area contributed by atoms with Crippen LogP contribution in [-0.2, 0) is 25.7 Å². The lowest BCUT2D eigenvalue weighted by Gasteiger charge is -2.19. The Morgan fingerprint density at radius 2 is 0.483 bits per heavy atom. The molecule has 0 radical (unpaired) electrons. The number of aryl methyl sites for hydroxylation is 7. The molecule has 7 aromatic rings. The van der Waals surface area contributed by atoms with Crippen molar-refractivity contribution in [3.63, 3.8) is 0 Å². The highest BCUT2D eigenvalue weighted by Gasteiger charge is 2.23. The first-order chi connectivity index (χ1) is 28.4. The van der Waals surface area contributed by atoms with Gasteiger partial charge in [-0.25, -0.2) is 0 Å². The molecular formula is C53H52O7. The van der Waals surface area contributed by atoms with Crippen LogP contribution in [0.25, 0.3) is 22.3 Å². The molecule has 7 rings (SSSR count). The van der Waals surface area contributed by atoms with Gasteiger partial charge >= 0.3 is 0 Å². The standard InChI is InChI=1S/C53H52O7/c1-28-8-10-47(54)35(12-28)24-37-14-30(3)16-39(49(37)56)26-41-18-32(5)20-43(51(41)58)45-22-34(7)23-46(53(45)60)44-21-33(6)19-42(52(44)59)27-40-17-31(4)15-38(50(40)57)25-36-13-29(2)9-11-48(36)55/h8-23,54-60H,24-27H2,1-7H3. The fraction of sp³-hybridized carbons (Fsp3) is 0.208. The van der Waals surface area contributed by atoms with Crippen molar-refractivity contribution in [3.05, 3.63) is 181 Å². The third kappa shape index (κ3) is 8.48. The lowest BCUT2D eigenvalue weighted by molar-refractivity contribution is 0.456. The number of phenolic OH excluding ortho intramolecular Hbond substituents is 7. The van der Waals surface area contributed by atoms with Gasteiger partial charge in [0.05, 0.1) is 0 Å². The SMILES string of the molecule is Cc1ccc(O)c(Cc2cc(C)cc(Cc3cc(C)cc(-c4cc(C)cc(-c5cc(C)cc(Cc6cc(C)cc(Cc7cc(C)ccc7O)c6O)c5O)c4O)c3O)c2O)c1. The molecule has 0 saturated heterocycles. The third-order valence-corrected chi connectivity index (χ3v) is 11.3. The lowest BCUT2D eigenvalue weighted by Crippen LogP contribution is -1.99. The van der Waals surface area contributed by atoms with Crippen LogP contribution < -0.4 is 0 Å². The van der Waals surface area contributed by atoms with Crippen molar-refractivity contribution in [1.29, 1.82) is 0 Å². The van der Waals surface area contributed by atoms with Crippen molar-refractivity contribution >= 4 is 0 Å². The minimum Gasteiger partial charge on any atom is -0.508 e. The van der Waals surface area contributed by atoms with E-state index in [0.29, 0.717) is 79.6 Å². The van der Waals surface area contributed by atoms with E-state index in [1.54, 1.807) is 24.3 Å². The number of aromatic hydroxyl groups is 7. The predicted molar refractivity (Wildman–Crippen MR) is 239 cm³/mol. The Kier molecular flexibility index (Phi) is 11.3. The largest absolute Gasteiger partial charge is 0.508 e. The van der Waals surface area contributed by atoms with Crippen LogP contribution in [0.15, 0.2) is 97.1 Å². The third-order valence-electron chi connectivity index (χ3n) is 11.3. The van der Waals surface area contributed by atoms with Crippen LogP contribution in [-0.4, -0.2) is 35.7 Å².